The van der Waals surface area contributed by atoms with Crippen molar-refractivity contribution in [1.29, 1.82) is 0 Å². The zero-order valence-corrected chi connectivity index (χ0v) is 18.4. The summed E-state index contributed by atoms with van der Waals surface area (Å²) in [5.74, 6) is -0.0568. The van der Waals surface area contributed by atoms with E-state index in [9.17, 15) is 9.59 Å². The number of carbonyl (C=O) groups excluding carboxylic acids is 2. The minimum atomic E-state index is -0.468. The van der Waals surface area contributed by atoms with Crippen LogP contribution in [-0.2, 0) is 22.6 Å². The smallest absolute Gasteiger partial charge is 0.243 e. The first-order valence-electron chi connectivity index (χ1n) is 11.0. The Morgan fingerprint density at radius 2 is 1.73 bits per heavy atom. The molecule has 0 aliphatic heterocycles. The van der Waals surface area contributed by atoms with Crippen molar-refractivity contribution in [2.75, 3.05) is 0 Å². The summed E-state index contributed by atoms with van der Waals surface area (Å²) in [6.07, 6.45) is 5.85. The Morgan fingerprint density at radius 1 is 1.07 bits per heavy atom. The second kappa shape index (κ2) is 11.2. The molecule has 4 nitrogen and oxygen atoms in total. The molecule has 30 heavy (non-hydrogen) atoms. The molecule has 2 aromatic carbocycles. The van der Waals surface area contributed by atoms with Gasteiger partial charge in [-0.15, -0.1) is 0 Å². The minimum Gasteiger partial charge on any atom is -0.352 e. The fraction of sp³-hybridized carbons (Fsp3) is 0.440. The molecule has 0 spiro atoms. The summed E-state index contributed by atoms with van der Waals surface area (Å²) in [7, 11) is 0. The number of carbonyl (C=O) groups is 2. The van der Waals surface area contributed by atoms with Crippen molar-refractivity contribution in [3.8, 4) is 0 Å². The highest BCUT2D eigenvalue weighted by atomic mass is 35.5. The molecule has 1 N–H and O–H groups in total. The van der Waals surface area contributed by atoms with E-state index in [0.717, 1.165) is 36.8 Å². The third kappa shape index (κ3) is 6.09. The van der Waals surface area contributed by atoms with Gasteiger partial charge in [0.15, 0.2) is 0 Å². The number of amides is 2. The van der Waals surface area contributed by atoms with Crippen LogP contribution in [-0.4, -0.2) is 28.8 Å². The van der Waals surface area contributed by atoms with Crippen LogP contribution in [0.5, 0.6) is 0 Å². The maximum atomic E-state index is 13.3. The number of hydrogen-bond acceptors (Lipinski definition) is 2. The standard InChI is InChI=1S/C25H31ClN2O2/c1-2-23(25(30)27-21-13-7-8-14-21)28(18-19-10-4-3-5-11-19)24(29)17-16-20-12-6-9-15-22(20)26/h3-6,9-12,15,21,23H,2,7-8,13-14,16-18H2,1H3,(H,27,30). The molecule has 0 heterocycles. The van der Waals surface area contributed by atoms with Crippen LogP contribution >= 0.6 is 11.6 Å². The molecule has 1 aliphatic rings. The lowest BCUT2D eigenvalue weighted by Gasteiger charge is -2.31. The third-order valence-electron chi connectivity index (χ3n) is 5.85. The SMILES string of the molecule is CCC(C(=O)NC1CCCC1)N(Cc1ccccc1)C(=O)CCc1ccccc1Cl. The number of aryl methyl sites for hydroxylation is 1. The van der Waals surface area contributed by atoms with E-state index in [1.807, 2.05) is 61.5 Å². The molecule has 2 amide bonds. The predicted octanol–water partition coefficient (Wildman–Crippen LogP) is 5.14. The van der Waals surface area contributed by atoms with E-state index in [4.69, 9.17) is 11.6 Å². The topological polar surface area (TPSA) is 49.4 Å². The highest BCUT2D eigenvalue weighted by molar-refractivity contribution is 6.31. The van der Waals surface area contributed by atoms with Gasteiger partial charge in [0.2, 0.25) is 11.8 Å². The minimum absolute atomic E-state index is 0.0211. The average Bonchev–Trinajstić information content (AvgIpc) is 3.26. The van der Waals surface area contributed by atoms with Crippen molar-refractivity contribution in [1.82, 2.24) is 10.2 Å². The highest BCUT2D eigenvalue weighted by Crippen LogP contribution is 2.21. The molecule has 0 bridgehead atoms. The van der Waals surface area contributed by atoms with E-state index in [0.29, 0.717) is 30.8 Å². The van der Waals surface area contributed by atoms with Gasteiger partial charge in [-0.1, -0.05) is 79.9 Å². The molecule has 2 aromatic rings. The molecule has 1 saturated carbocycles. The largest absolute Gasteiger partial charge is 0.352 e. The van der Waals surface area contributed by atoms with Crippen LogP contribution in [0.3, 0.4) is 0 Å². The van der Waals surface area contributed by atoms with Gasteiger partial charge in [-0.3, -0.25) is 9.59 Å². The van der Waals surface area contributed by atoms with E-state index in [2.05, 4.69) is 5.32 Å². The summed E-state index contributed by atoms with van der Waals surface area (Å²) in [5.41, 5.74) is 1.98. The van der Waals surface area contributed by atoms with Gasteiger partial charge in [0.1, 0.15) is 6.04 Å². The Bertz CT molecular complexity index is 834. The Balaban J connectivity index is 1.74. The van der Waals surface area contributed by atoms with Crippen molar-refractivity contribution in [3.63, 3.8) is 0 Å². The number of rotatable bonds is 9. The molecule has 0 saturated heterocycles. The number of nitrogens with zero attached hydrogens (tertiary/aromatic N) is 1. The van der Waals surface area contributed by atoms with E-state index < -0.39 is 6.04 Å². The maximum Gasteiger partial charge on any atom is 0.243 e. The van der Waals surface area contributed by atoms with Gasteiger partial charge in [-0.05, 0) is 42.9 Å². The van der Waals surface area contributed by atoms with Gasteiger partial charge in [-0.25, -0.2) is 0 Å². The van der Waals surface area contributed by atoms with E-state index in [1.54, 1.807) is 4.90 Å². The van der Waals surface area contributed by atoms with Crippen LogP contribution in [0.1, 0.15) is 56.6 Å². The molecule has 0 radical (unpaired) electrons. The Morgan fingerprint density at radius 3 is 2.40 bits per heavy atom. The van der Waals surface area contributed by atoms with Crippen molar-refractivity contribution in [3.05, 3.63) is 70.7 Å². The van der Waals surface area contributed by atoms with E-state index >= 15 is 0 Å². The summed E-state index contributed by atoms with van der Waals surface area (Å²) in [6.45, 7) is 2.40. The lowest BCUT2D eigenvalue weighted by Crippen LogP contribution is -2.51. The van der Waals surface area contributed by atoms with Crippen LogP contribution in [0, 0.1) is 0 Å². The lowest BCUT2D eigenvalue weighted by molar-refractivity contribution is -0.141. The van der Waals surface area contributed by atoms with Crippen LogP contribution < -0.4 is 5.32 Å². The zero-order valence-electron chi connectivity index (χ0n) is 17.6. The van der Waals surface area contributed by atoms with Crippen molar-refractivity contribution < 1.29 is 9.59 Å². The van der Waals surface area contributed by atoms with Crippen LogP contribution in [0.15, 0.2) is 54.6 Å². The summed E-state index contributed by atoms with van der Waals surface area (Å²) in [5, 5.41) is 3.85. The fourth-order valence-corrected chi connectivity index (χ4v) is 4.38. The normalized spacial score (nSPS) is 15.0. The van der Waals surface area contributed by atoms with Gasteiger partial charge < -0.3 is 10.2 Å². The molecule has 1 fully saturated rings. The molecule has 160 valence electrons. The first kappa shape index (κ1) is 22.4. The van der Waals surface area contributed by atoms with Gasteiger partial charge in [0.25, 0.3) is 0 Å². The number of hydrogen-bond donors (Lipinski definition) is 1. The predicted molar refractivity (Wildman–Crippen MR) is 121 cm³/mol. The van der Waals surface area contributed by atoms with Crippen LogP contribution in [0.25, 0.3) is 0 Å². The Labute approximate surface area is 184 Å². The van der Waals surface area contributed by atoms with Crippen molar-refractivity contribution in [2.45, 2.75) is 70.5 Å². The van der Waals surface area contributed by atoms with Gasteiger partial charge in [0.05, 0.1) is 0 Å². The molecular weight excluding hydrogens is 396 g/mol. The molecule has 1 aliphatic carbocycles. The quantitative estimate of drug-likeness (QED) is 0.603. The molecule has 1 atom stereocenters. The van der Waals surface area contributed by atoms with Crippen LogP contribution in [0.4, 0.5) is 0 Å². The van der Waals surface area contributed by atoms with Gasteiger partial charge in [0, 0.05) is 24.0 Å². The summed E-state index contributed by atoms with van der Waals surface area (Å²) < 4.78 is 0. The zero-order chi connectivity index (χ0) is 21.3. The second-order valence-electron chi connectivity index (χ2n) is 8.01. The van der Waals surface area contributed by atoms with Crippen LogP contribution in [0.2, 0.25) is 5.02 Å². The Hall–Kier alpha value is -2.33. The lowest BCUT2D eigenvalue weighted by atomic mass is 10.1. The fourth-order valence-electron chi connectivity index (χ4n) is 4.15. The third-order valence-corrected chi connectivity index (χ3v) is 6.22. The van der Waals surface area contributed by atoms with E-state index in [1.165, 1.54) is 0 Å². The van der Waals surface area contributed by atoms with Gasteiger partial charge >= 0.3 is 0 Å². The van der Waals surface area contributed by atoms with Gasteiger partial charge in [-0.2, -0.15) is 0 Å². The van der Waals surface area contributed by atoms with Crippen molar-refractivity contribution in [2.24, 2.45) is 0 Å². The second-order valence-corrected chi connectivity index (χ2v) is 8.42. The first-order chi connectivity index (χ1) is 14.6. The molecule has 0 aromatic heterocycles. The number of halogens is 1. The number of benzene rings is 2. The summed E-state index contributed by atoms with van der Waals surface area (Å²) in [4.78, 5) is 28.1. The molecular formula is C25H31ClN2O2. The molecule has 1 unspecified atom stereocenters. The van der Waals surface area contributed by atoms with E-state index in [-0.39, 0.29) is 17.9 Å². The maximum absolute atomic E-state index is 13.3. The summed E-state index contributed by atoms with van der Waals surface area (Å²) in [6, 6.07) is 17.2. The molecule has 5 heteroatoms. The highest BCUT2D eigenvalue weighted by Gasteiger charge is 2.30. The number of nitrogens with one attached hydrogen (secondary N) is 1. The van der Waals surface area contributed by atoms with Crippen molar-refractivity contribution >= 4 is 23.4 Å². The average molecular weight is 427 g/mol. The first-order valence-corrected chi connectivity index (χ1v) is 11.3. The summed E-state index contributed by atoms with van der Waals surface area (Å²) >= 11 is 6.26. The molecule has 3 rings (SSSR count). The monoisotopic (exact) mass is 426 g/mol. The Kier molecular flexibility index (Phi) is 8.32.